The number of hydrogen-bond donors (Lipinski definition) is 1. The maximum Gasteiger partial charge on any atom is 0.258 e. The summed E-state index contributed by atoms with van der Waals surface area (Å²) in [6.07, 6.45) is 0. The topological polar surface area (TPSA) is 67.5 Å². The van der Waals surface area contributed by atoms with Crippen molar-refractivity contribution in [2.75, 3.05) is 20.8 Å². The van der Waals surface area contributed by atoms with Crippen LogP contribution in [-0.4, -0.2) is 35.6 Å². The molecule has 3 aromatic rings. The van der Waals surface area contributed by atoms with Gasteiger partial charge in [0, 0.05) is 6.54 Å². The van der Waals surface area contributed by atoms with Gasteiger partial charge in [-0.15, -0.1) is 0 Å². The third kappa shape index (κ3) is 4.03. The molecule has 1 N–H and O–H groups in total. The van der Waals surface area contributed by atoms with Crippen LogP contribution in [0.2, 0.25) is 0 Å². The third-order valence-electron chi connectivity index (χ3n) is 4.06. The summed E-state index contributed by atoms with van der Waals surface area (Å²) in [4.78, 5) is 21.7. The number of rotatable bonds is 7. The lowest BCUT2D eigenvalue weighted by Gasteiger charge is -2.17. The fourth-order valence-electron chi connectivity index (χ4n) is 2.92. The molecule has 2 aromatic carbocycles. The molecule has 1 heterocycles. The van der Waals surface area contributed by atoms with E-state index in [1.54, 1.807) is 13.2 Å². The maximum absolute atomic E-state index is 12.2. The van der Waals surface area contributed by atoms with Gasteiger partial charge in [0.2, 0.25) is 0 Å². The molecule has 0 spiro atoms. The molecule has 0 unspecified atom stereocenters. The molecule has 26 heavy (non-hydrogen) atoms. The van der Waals surface area contributed by atoms with Crippen molar-refractivity contribution >= 4 is 10.9 Å². The van der Waals surface area contributed by atoms with Crippen molar-refractivity contribution in [3.05, 3.63) is 64.2 Å². The molecule has 0 amide bonds. The maximum atomic E-state index is 12.2. The summed E-state index contributed by atoms with van der Waals surface area (Å²) in [5.74, 6) is 2.10. The van der Waals surface area contributed by atoms with E-state index in [2.05, 4.69) is 14.9 Å². The van der Waals surface area contributed by atoms with E-state index in [0.29, 0.717) is 36.4 Å². The summed E-state index contributed by atoms with van der Waals surface area (Å²) in [6, 6.07) is 13.3. The van der Waals surface area contributed by atoms with Gasteiger partial charge in [-0.3, -0.25) is 9.69 Å². The van der Waals surface area contributed by atoms with Crippen LogP contribution in [0.15, 0.2) is 47.3 Å². The van der Waals surface area contributed by atoms with Crippen LogP contribution in [-0.2, 0) is 13.1 Å². The number of nitrogens with one attached hydrogen (secondary N) is 1. The number of nitrogens with zero attached hydrogens (tertiary/aromatic N) is 2. The van der Waals surface area contributed by atoms with E-state index in [0.717, 1.165) is 17.1 Å². The summed E-state index contributed by atoms with van der Waals surface area (Å²) in [5, 5.41) is 0.607. The lowest BCUT2D eigenvalue weighted by molar-refractivity contribution is 0.302. The second-order valence-electron chi connectivity index (χ2n) is 6.12. The molecule has 6 heteroatoms. The molecule has 0 aliphatic heterocycles. The van der Waals surface area contributed by atoms with Gasteiger partial charge >= 0.3 is 0 Å². The zero-order valence-corrected chi connectivity index (χ0v) is 15.3. The van der Waals surface area contributed by atoms with E-state index < -0.39 is 0 Å². The summed E-state index contributed by atoms with van der Waals surface area (Å²) in [5.41, 5.74) is 1.69. The Labute approximate surface area is 152 Å². The molecular weight excluding hydrogens is 330 g/mol. The van der Waals surface area contributed by atoms with E-state index in [9.17, 15) is 4.79 Å². The van der Waals surface area contributed by atoms with Gasteiger partial charge in [-0.1, -0.05) is 18.2 Å². The third-order valence-corrected chi connectivity index (χ3v) is 4.06. The molecule has 3 rings (SSSR count). The number of benzene rings is 2. The largest absolute Gasteiger partial charge is 0.493 e. The number of hydrogen-bond acceptors (Lipinski definition) is 5. The van der Waals surface area contributed by atoms with Crippen molar-refractivity contribution in [3.63, 3.8) is 0 Å². The van der Waals surface area contributed by atoms with E-state index in [1.807, 2.05) is 50.4 Å². The molecule has 0 saturated heterocycles. The minimum Gasteiger partial charge on any atom is -0.493 e. The highest BCUT2D eigenvalue weighted by atomic mass is 16.5. The second-order valence-corrected chi connectivity index (χ2v) is 6.12. The lowest BCUT2D eigenvalue weighted by atomic mass is 10.2. The van der Waals surface area contributed by atoms with Gasteiger partial charge in [-0.25, -0.2) is 4.98 Å². The van der Waals surface area contributed by atoms with Crippen LogP contribution in [0, 0.1) is 0 Å². The number of para-hydroxylation sites is 1. The van der Waals surface area contributed by atoms with Crippen LogP contribution in [0.4, 0.5) is 0 Å². The molecule has 136 valence electrons. The Kier molecular flexibility index (Phi) is 5.53. The van der Waals surface area contributed by atoms with Gasteiger partial charge in [0.1, 0.15) is 5.82 Å². The van der Waals surface area contributed by atoms with Crippen LogP contribution in [0.5, 0.6) is 11.5 Å². The van der Waals surface area contributed by atoms with Gasteiger partial charge in [-0.05, 0) is 43.8 Å². The minimum absolute atomic E-state index is 0.110. The standard InChI is InChI=1S/C20H23N3O3/c1-4-26-17-10-9-14(11-18(17)25-3)12-23(2)13-19-21-16-8-6-5-7-15(16)20(24)22-19/h5-11H,4,12-13H2,1-3H3,(H,21,22,24). The number of aromatic nitrogens is 2. The Bertz CT molecular complexity index is 952. The van der Waals surface area contributed by atoms with Gasteiger partial charge in [0.15, 0.2) is 11.5 Å². The molecule has 0 atom stereocenters. The van der Waals surface area contributed by atoms with E-state index in [-0.39, 0.29) is 5.56 Å². The van der Waals surface area contributed by atoms with E-state index in [4.69, 9.17) is 9.47 Å². The molecule has 6 nitrogen and oxygen atoms in total. The number of aromatic amines is 1. The van der Waals surface area contributed by atoms with Gasteiger partial charge in [0.05, 0.1) is 31.2 Å². The average molecular weight is 353 g/mol. The zero-order valence-electron chi connectivity index (χ0n) is 15.3. The summed E-state index contributed by atoms with van der Waals surface area (Å²) >= 11 is 0. The monoisotopic (exact) mass is 353 g/mol. The normalized spacial score (nSPS) is 11.1. The predicted octanol–water partition coefficient (Wildman–Crippen LogP) is 2.96. The summed E-state index contributed by atoms with van der Waals surface area (Å²) in [7, 11) is 3.62. The number of fused-ring (bicyclic) bond motifs is 1. The van der Waals surface area contributed by atoms with Crippen LogP contribution in [0.25, 0.3) is 10.9 Å². The first-order valence-corrected chi connectivity index (χ1v) is 8.57. The first kappa shape index (κ1) is 17.9. The van der Waals surface area contributed by atoms with Gasteiger partial charge in [0.25, 0.3) is 5.56 Å². The van der Waals surface area contributed by atoms with E-state index in [1.165, 1.54) is 0 Å². The van der Waals surface area contributed by atoms with Gasteiger partial charge in [-0.2, -0.15) is 0 Å². The molecule has 0 fully saturated rings. The highest BCUT2D eigenvalue weighted by Gasteiger charge is 2.09. The SMILES string of the molecule is CCOc1ccc(CN(C)Cc2nc3ccccc3c(=O)[nH]2)cc1OC. The molecule has 0 bridgehead atoms. The van der Waals surface area contributed by atoms with Crippen LogP contribution in [0.1, 0.15) is 18.3 Å². The minimum atomic E-state index is -0.110. The van der Waals surface area contributed by atoms with Crippen LogP contribution < -0.4 is 15.0 Å². The Morgan fingerprint density at radius 3 is 2.69 bits per heavy atom. The first-order chi connectivity index (χ1) is 12.6. The van der Waals surface area contributed by atoms with Gasteiger partial charge < -0.3 is 14.5 Å². The highest BCUT2D eigenvalue weighted by Crippen LogP contribution is 2.28. The average Bonchev–Trinajstić information content (AvgIpc) is 2.63. The molecular formula is C20H23N3O3. The number of methoxy groups -OCH3 is 1. The molecule has 1 aromatic heterocycles. The predicted molar refractivity (Wildman–Crippen MR) is 102 cm³/mol. The summed E-state index contributed by atoms with van der Waals surface area (Å²) in [6.45, 7) is 3.77. The van der Waals surface area contributed by atoms with Crippen molar-refractivity contribution in [3.8, 4) is 11.5 Å². The Morgan fingerprint density at radius 1 is 1.12 bits per heavy atom. The number of H-pyrrole nitrogens is 1. The Hall–Kier alpha value is -2.86. The molecule has 0 saturated carbocycles. The van der Waals surface area contributed by atoms with Crippen molar-refractivity contribution in [1.29, 1.82) is 0 Å². The molecule has 0 aliphatic carbocycles. The van der Waals surface area contributed by atoms with E-state index >= 15 is 0 Å². The fraction of sp³-hybridized carbons (Fsp3) is 0.300. The second kappa shape index (κ2) is 8.01. The van der Waals surface area contributed by atoms with Crippen LogP contribution >= 0.6 is 0 Å². The summed E-state index contributed by atoms with van der Waals surface area (Å²) < 4.78 is 10.9. The van der Waals surface area contributed by atoms with Crippen LogP contribution in [0.3, 0.4) is 0 Å². The van der Waals surface area contributed by atoms with Crippen molar-refractivity contribution < 1.29 is 9.47 Å². The first-order valence-electron chi connectivity index (χ1n) is 8.57. The molecule has 0 radical (unpaired) electrons. The molecule has 0 aliphatic rings. The van der Waals surface area contributed by atoms with Crippen molar-refractivity contribution in [2.24, 2.45) is 0 Å². The smallest absolute Gasteiger partial charge is 0.258 e. The lowest BCUT2D eigenvalue weighted by Crippen LogP contribution is -2.21. The Balaban J connectivity index is 1.75. The fourth-order valence-corrected chi connectivity index (χ4v) is 2.92. The quantitative estimate of drug-likeness (QED) is 0.707. The zero-order chi connectivity index (χ0) is 18.5. The number of ether oxygens (including phenoxy) is 2. The highest BCUT2D eigenvalue weighted by molar-refractivity contribution is 5.77. The van der Waals surface area contributed by atoms with Crippen molar-refractivity contribution in [1.82, 2.24) is 14.9 Å². The Morgan fingerprint density at radius 2 is 1.92 bits per heavy atom. The van der Waals surface area contributed by atoms with Crippen molar-refractivity contribution in [2.45, 2.75) is 20.0 Å².